The summed E-state index contributed by atoms with van der Waals surface area (Å²) in [5.41, 5.74) is 11.1. The lowest BCUT2D eigenvalue weighted by molar-refractivity contribution is -0.122. The first kappa shape index (κ1) is 13.4. The van der Waals surface area contributed by atoms with E-state index in [0.29, 0.717) is 12.1 Å². The van der Waals surface area contributed by atoms with Crippen LogP contribution < -0.4 is 16.8 Å². The smallest absolute Gasteiger partial charge is 0.237 e. The van der Waals surface area contributed by atoms with Crippen LogP contribution in [0.5, 0.6) is 0 Å². The molecule has 2 amide bonds. The molecule has 0 rings (SSSR count). The van der Waals surface area contributed by atoms with Gasteiger partial charge in [0.1, 0.15) is 0 Å². The third-order valence-corrected chi connectivity index (χ3v) is 1.82. The van der Waals surface area contributed by atoms with E-state index in [1.807, 2.05) is 0 Å². The maximum absolute atomic E-state index is 11.3. The summed E-state index contributed by atoms with van der Waals surface area (Å²) in [5.74, 6) is -0.784. The SMILES string of the molecule is C=CC(=C)CNC(=O)C(N)CCC(N)=O. The zero-order valence-corrected chi connectivity index (χ0v) is 8.66. The van der Waals surface area contributed by atoms with Gasteiger partial charge in [0.15, 0.2) is 0 Å². The van der Waals surface area contributed by atoms with Crippen molar-refractivity contribution in [2.45, 2.75) is 18.9 Å². The third kappa shape index (κ3) is 6.45. The van der Waals surface area contributed by atoms with Crippen molar-refractivity contribution in [3.8, 4) is 0 Å². The van der Waals surface area contributed by atoms with Gasteiger partial charge in [-0.15, -0.1) is 0 Å². The Hall–Kier alpha value is -1.62. The first-order valence-corrected chi connectivity index (χ1v) is 4.59. The van der Waals surface area contributed by atoms with E-state index in [2.05, 4.69) is 18.5 Å². The fourth-order valence-corrected chi connectivity index (χ4v) is 0.833. The molecule has 0 aliphatic carbocycles. The molecule has 0 aliphatic heterocycles. The van der Waals surface area contributed by atoms with Gasteiger partial charge in [-0.2, -0.15) is 0 Å². The van der Waals surface area contributed by atoms with Crippen molar-refractivity contribution in [3.63, 3.8) is 0 Å². The molecule has 0 aromatic rings. The molecule has 0 saturated carbocycles. The van der Waals surface area contributed by atoms with Crippen LogP contribution in [0.3, 0.4) is 0 Å². The molecule has 5 nitrogen and oxygen atoms in total. The number of primary amides is 1. The Bertz CT molecular complexity index is 274. The topological polar surface area (TPSA) is 98.2 Å². The lowest BCUT2D eigenvalue weighted by Crippen LogP contribution is -2.41. The van der Waals surface area contributed by atoms with E-state index in [0.717, 1.165) is 0 Å². The normalized spacial score (nSPS) is 11.5. The fraction of sp³-hybridized carbons (Fsp3) is 0.400. The molecule has 0 radical (unpaired) electrons. The predicted octanol–water partition coefficient (Wildman–Crippen LogP) is -0.562. The van der Waals surface area contributed by atoms with Crippen LogP contribution >= 0.6 is 0 Å². The van der Waals surface area contributed by atoms with E-state index in [1.165, 1.54) is 0 Å². The average molecular weight is 211 g/mol. The minimum absolute atomic E-state index is 0.108. The molecule has 84 valence electrons. The summed E-state index contributed by atoms with van der Waals surface area (Å²) in [6.07, 6.45) is 1.91. The highest BCUT2D eigenvalue weighted by atomic mass is 16.2. The van der Waals surface area contributed by atoms with Crippen molar-refractivity contribution in [3.05, 3.63) is 24.8 Å². The van der Waals surface area contributed by atoms with Gasteiger partial charge in [-0.1, -0.05) is 19.2 Å². The molecule has 0 aromatic carbocycles. The Kier molecular flexibility index (Phi) is 6.05. The van der Waals surface area contributed by atoms with Crippen LogP contribution in [-0.2, 0) is 9.59 Å². The minimum atomic E-state index is -0.713. The summed E-state index contributed by atoms with van der Waals surface area (Å²) >= 11 is 0. The molecule has 0 saturated heterocycles. The number of amides is 2. The van der Waals surface area contributed by atoms with Crippen LogP contribution in [-0.4, -0.2) is 24.4 Å². The second kappa shape index (κ2) is 6.78. The average Bonchev–Trinajstić information content (AvgIpc) is 2.21. The predicted molar refractivity (Wildman–Crippen MR) is 58.8 cm³/mol. The minimum Gasteiger partial charge on any atom is -0.370 e. The van der Waals surface area contributed by atoms with Crippen LogP contribution in [0.1, 0.15) is 12.8 Å². The van der Waals surface area contributed by atoms with E-state index >= 15 is 0 Å². The van der Waals surface area contributed by atoms with E-state index in [9.17, 15) is 9.59 Å². The van der Waals surface area contributed by atoms with E-state index in [1.54, 1.807) is 6.08 Å². The first-order chi connectivity index (χ1) is 6.97. The largest absolute Gasteiger partial charge is 0.370 e. The van der Waals surface area contributed by atoms with Crippen molar-refractivity contribution in [1.29, 1.82) is 0 Å². The van der Waals surface area contributed by atoms with Crippen molar-refractivity contribution in [2.75, 3.05) is 6.54 Å². The molecule has 1 unspecified atom stereocenters. The molecule has 0 aliphatic rings. The highest BCUT2D eigenvalue weighted by Crippen LogP contribution is 1.94. The Morgan fingerprint density at radius 2 is 2.07 bits per heavy atom. The molecule has 5 N–H and O–H groups in total. The molecular formula is C10H17N3O2. The quantitative estimate of drug-likeness (QED) is 0.492. The van der Waals surface area contributed by atoms with Gasteiger partial charge in [0.05, 0.1) is 6.04 Å². The lowest BCUT2D eigenvalue weighted by Gasteiger charge is -2.11. The summed E-state index contributed by atoms with van der Waals surface area (Å²) in [7, 11) is 0. The molecule has 0 heterocycles. The molecule has 0 bridgehead atoms. The summed E-state index contributed by atoms with van der Waals surface area (Å²) < 4.78 is 0. The summed E-state index contributed by atoms with van der Waals surface area (Å²) in [4.78, 5) is 21.8. The molecular weight excluding hydrogens is 194 g/mol. The second-order valence-electron chi connectivity index (χ2n) is 3.19. The van der Waals surface area contributed by atoms with E-state index in [4.69, 9.17) is 11.5 Å². The molecule has 0 aromatic heterocycles. The molecule has 5 heteroatoms. The Labute approximate surface area is 89.2 Å². The standard InChI is InChI=1S/C10H17N3O2/c1-3-7(2)6-13-10(15)8(11)4-5-9(12)14/h3,8H,1-2,4-6,11H2,(H2,12,14)(H,13,15). The van der Waals surface area contributed by atoms with Gasteiger partial charge in [0.25, 0.3) is 0 Å². The van der Waals surface area contributed by atoms with Crippen molar-refractivity contribution < 1.29 is 9.59 Å². The van der Waals surface area contributed by atoms with E-state index < -0.39 is 11.9 Å². The van der Waals surface area contributed by atoms with Crippen LogP contribution in [0.15, 0.2) is 24.8 Å². The number of hydrogen-bond acceptors (Lipinski definition) is 3. The number of rotatable bonds is 7. The summed E-state index contributed by atoms with van der Waals surface area (Å²) in [6.45, 7) is 7.44. The zero-order valence-electron chi connectivity index (χ0n) is 8.66. The number of carbonyl (C=O) groups is 2. The highest BCUT2D eigenvalue weighted by Gasteiger charge is 2.13. The van der Waals surface area contributed by atoms with Crippen LogP contribution in [0.25, 0.3) is 0 Å². The van der Waals surface area contributed by atoms with Crippen molar-refractivity contribution >= 4 is 11.8 Å². The number of carbonyl (C=O) groups excluding carboxylic acids is 2. The van der Waals surface area contributed by atoms with Gasteiger partial charge < -0.3 is 16.8 Å². The Morgan fingerprint density at radius 3 is 2.53 bits per heavy atom. The molecule has 15 heavy (non-hydrogen) atoms. The van der Waals surface area contributed by atoms with Gasteiger partial charge in [-0.05, 0) is 12.0 Å². The number of nitrogens with one attached hydrogen (secondary N) is 1. The van der Waals surface area contributed by atoms with Crippen molar-refractivity contribution in [2.24, 2.45) is 11.5 Å². The number of nitrogens with two attached hydrogens (primary N) is 2. The van der Waals surface area contributed by atoms with Crippen molar-refractivity contribution in [1.82, 2.24) is 5.32 Å². The second-order valence-corrected chi connectivity index (χ2v) is 3.19. The van der Waals surface area contributed by atoms with Gasteiger partial charge in [-0.25, -0.2) is 0 Å². The maximum Gasteiger partial charge on any atom is 0.237 e. The summed E-state index contributed by atoms with van der Waals surface area (Å²) in [5, 5.41) is 2.57. The van der Waals surface area contributed by atoms with Gasteiger partial charge >= 0.3 is 0 Å². The van der Waals surface area contributed by atoms with E-state index in [-0.39, 0.29) is 18.7 Å². The molecule has 0 fully saturated rings. The zero-order chi connectivity index (χ0) is 11.8. The van der Waals surface area contributed by atoms with Gasteiger partial charge in [0.2, 0.25) is 11.8 Å². The van der Waals surface area contributed by atoms with Crippen LogP contribution in [0.4, 0.5) is 0 Å². The molecule has 0 spiro atoms. The Balaban J connectivity index is 3.83. The fourth-order valence-electron chi connectivity index (χ4n) is 0.833. The van der Waals surface area contributed by atoms with Gasteiger partial charge in [0, 0.05) is 13.0 Å². The number of hydrogen-bond donors (Lipinski definition) is 3. The monoisotopic (exact) mass is 211 g/mol. The van der Waals surface area contributed by atoms with Gasteiger partial charge in [-0.3, -0.25) is 9.59 Å². The van der Waals surface area contributed by atoms with Crippen LogP contribution in [0, 0.1) is 0 Å². The Morgan fingerprint density at radius 1 is 1.47 bits per heavy atom. The van der Waals surface area contributed by atoms with Crippen LogP contribution in [0.2, 0.25) is 0 Å². The molecule has 1 atom stereocenters. The first-order valence-electron chi connectivity index (χ1n) is 4.59. The third-order valence-electron chi connectivity index (χ3n) is 1.82. The summed E-state index contributed by atoms with van der Waals surface area (Å²) in [6, 6.07) is -0.713. The lowest BCUT2D eigenvalue weighted by atomic mass is 10.1. The maximum atomic E-state index is 11.3. The highest BCUT2D eigenvalue weighted by molar-refractivity contribution is 5.82.